The van der Waals surface area contributed by atoms with Crippen molar-refractivity contribution < 1.29 is 13.9 Å². The monoisotopic (exact) mass is 288 g/mol. The molecule has 0 bridgehead atoms. The van der Waals surface area contributed by atoms with E-state index in [1.54, 1.807) is 17.0 Å². The molecule has 0 aliphatic carbocycles. The van der Waals surface area contributed by atoms with Crippen LogP contribution in [0.4, 0.5) is 4.39 Å². The molecular formula is C16H17FN2O2. The van der Waals surface area contributed by atoms with Crippen molar-refractivity contribution in [2.45, 2.75) is 20.0 Å². The van der Waals surface area contributed by atoms with Crippen LogP contribution < -0.4 is 0 Å². The van der Waals surface area contributed by atoms with Gasteiger partial charge in [-0.2, -0.15) is 0 Å². The molecule has 21 heavy (non-hydrogen) atoms. The van der Waals surface area contributed by atoms with Crippen molar-refractivity contribution in [3.63, 3.8) is 0 Å². The van der Waals surface area contributed by atoms with Gasteiger partial charge >= 0.3 is 0 Å². The Morgan fingerprint density at radius 1 is 1.43 bits per heavy atom. The summed E-state index contributed by atoms with van der Waals surface area (Å²) in [5.41, 5.74) is 1.80. The number of fused-ring (bicyclic) bond motifs is 1. The number of pyridine rings is 1. The smallest absolute Gasteiger partial charge is 0.254 e. The number of rotatable bonds is 1. The second-order valence-corrected chi connectivity index (χ2v) is 5.41. The first-order valence-electron chi connectivity index (χ1n) is 7.02. The van der Waals surface area contributed by atoms with E-state index in [-0.39, 0.29) is 17.8 Å². The number of aryl methyl sites for hydroxylation is 1. The number of halogens is 1. The number of carbonyl (C=O) groups is 1. The molecule has 0 spiro atoms. The molecule has 110 valence electrons. The van der Waals surface area contributed by atoms with Gasteiger partial charge in [0.15, 0.2) is 0 Å². The molecule has 1 aliphatic heterocycles. The lowest BCUT2D eigenvalue weighted by Crippen LogP contribution is -2.44. The highest BCUT2D eigenvalue weighted by Gasteiger charge is 2.24. The fourth-order valence-corrected chi connectivity index (χ4v) is 2.68. The Balaban J connectivity index is 2.04. The van der Waals surface area contributed by atoms with Crippen molar-refractivity contribution in [2.75, 3.05) is 19.7 Å². The maximum Gasteiger partial charge on any atom is 0.254 e. The number of ether oxygens (including phenoxy) is 1. The fraction of sp³-hybridized carbons (Fsp3) is 0.375. The van der Waals surface area contributed by atoms with Gasteiger partial charge in [-0.3, -0.25) is 9.78 Å². The topological polar surface area (TPSA) is 42.4 Å². The standard InChI is InChI=1S/C16H17FN2O2/c1-10-7-14(13-4-3-12(17)8-15(13)18-10)16(20)19-5-6-21-11(2)9-19/h3-4,7-8,11H,5-6,9H2,1-2H3. The van der Waals surface area contributed by atoms with E-state index >= 15 is 0 Å². The van der Waals surface area contributed by atoms with Crippen LogP contribution in [-0.4, -0.2) is 41.6 Å². The second-order valence-electron chi connectivity index (χ2n) is 5.41. The molecule has 1 fully saturated rings. The lowest BCUT2D eigenvalue weighted by atomic mass is 10.1. The molecule has 1 amide bonds. The van der Waals surface area contributed by atoms with Gasteiger partial charge in [0.2, 0.25) is 0 Å². The number of aromatic nitrogens is 1. The van der Waals surface area contributed by atoms with Gasteiger partial charge in [-0.15, -0.1) is 0 Å². The van der Waals surface area contributed by atoms with Crippen LogP contribution >= 0.6 is 0 Å². The minimum Gasteiger partial charge on any atom is -0.375 e. The molecule has 2 heterocycles. The third kappa shape index (κ3) is 2.74. The zero-order valence-corrected chi connectivity index (χ0v) is 12.1. The van der Waals surface area contributed by atoms with E-state index in [9.17, 15) is 9.18 Å². The highest BCUT2D eigenvalue weighted by molar-refractivity contribution is 6.06. The summed E-state index contributed by atoms with van der Waals surface area (Å²) in [6.45, 7) is 5.45. The molecule has 1 unspecified atom stereocenters. The van der Waals surface area contributed by atoms with Crippen molar-refractivity contribution in [2.24, 2.45) is 0 Å². The first-order chi connectivity index (χ1) is 10.0. The van der Waals surface area contributed by atoms with Gasteiger partial charge in [-0.25, -0.2) is 4.39 Å². The maximum absolute atomic E-state index is 13.4. The van der Waals surface area contributed by atoms with E-state index in [1.165, 1.54) is 12.1 Å². The Hall–Kier alpha value is -2.01. The van der Waals surface area contributed by atoms with E-state index in [0.717, 1.165) is 0 Å². The summed E-state index contributed by atoms with van der Waals surface area (Å²) in [4.78, 5) is 18.8. The summed E-state index contributed by atoms with van der Waals surface area (Å²) in [7, 11) is 0. The van der Waals surface area contributed by atoms with Crippen LogP contribution in [-0.2, 0) is 4.74 Å². The highest BCUT2D eigenvalue weighted by Crippen LogP contribution is 2.22. The van der Waals surface area contributed by atoms with Crippen molar-refractivity contribution in [3.8, 4) is 0 Å². The molecule has 3 rings (SSSR count). The van der Waals surface area contributed by atoms with Gasteiger partial charge in [-0.1, -0.05) is 0 Å². The minimum atomic E-state index is -0.348. The summed E-state index contributed by atoms with van der Waals surface area (Å²) >= 11 is 0. The summed E-state index contributed by atoms with van der Waals surface area (Å²) < 4.78 is 18.8. The number of carbonyl (C=O) groups excluding carboxylic acids is 1. The predicted molar refractivity (Wildman–Crippen MR) is 77.8 cm³/mol. The minimum absolute atomic E-state index is 0.0364. The van der Waals surface area contributed by atoms with Crippen LogP contribution in [0.5, 0.6) is 0 Å². The molecule has 5 heteroatoms. The number of benzene rings is 1. The Labute approximate surface area is 122 Å². The van der Waals surface area contributed by atoms with E-state index < -0.39 is 0 Å². The van der Waals surface area contributed by atoms with Crippen molar-refractivity contribution in [3.05, 3.63) is 41.3 Å². The number of amides is 1. The van der Waals surface area contributed by atoms with Gasteiger partial charge in [0.1, 0.15) is 5.82 Å². The first kappa shape index (κ1) is 13.9. The number of morpholine rings is 1. The van der Waals surface area contributed by atoms with Gasteiger partial charge in [0.25, 0.3) is 5.91 Å². The third-order valence-corrected chi connectivity index (χ3v) is 3.66. The zero-order chi connectivity index (χ0) is 15.0. The summed E-state index contributed by atoms with van der Waals surface area (Å²) in [5, 5.41) is 0.686. The Morgan fingerprint density at radius 2 is 2.24 bits per heavy atom. The maximum atomic E-state index is 13.4. The largest absolute Gasteiger partial charge is 0.375 e. The number of hydrogen-bond donors (Lipinski definition) is 0. The Morgan fingerprint density at radius 3 is 3.00 bits per heavy atom. The first-order valence-corrected chi connectivity index (χ1v) is 7.02. The predicted octanol–water partition coefficient (Wildman–Crippen LogP) is 2.54. The molecule has 1 saturated heterocycles. The van der Waals surface area contributed by atoms with Gasteiger partial charge in [-0.05, 0) is 32.0 Å². The Bertz CT molecular complexity index is 697. The van der Waals surface area contributed by atoms with Gasteiger partial charge in [0.05, 0.1) is 23.8 Å². The molecule has 0 radical (unpaired) electrons. The normalized spacial score (nSPS) is 19.0. The highest BCUT2D eigenvalue weighted by atomic mass is 19.1. The van der Waals surface area contributed by atoms with Gasteiger partial charge in [0, 0.05) is 30.2 Å². The van der Waals surface area contributed by atoms with Crippen LogP contribution in [0.1, 0.15) is 23.0 Å². The number of hydrogen-bond acceptors (Lipinski definition) is 3. The quantitative estimate of drug-likeness (QED) is 0.810. The average Bonchev–Trinajstić information content (AvgIpc) is 2.45. The third-order valence-electron chi connectivity index (χ3n) is 3.66. The molecule has 2 aromatic rings. The molecular weight excluding hydrogens is 271 g/mol. The molecule has 1 aromatic heterocycles. The summed E-state index contributed by atoms with van der Waals surface area (Å²) in [6, 6.07) is 6.11. The lowest BCUT2D eigenvalue weighted by molar-refractivity contribution is -0.0123. The van der Waals surface area contributed by atoms with Crippen LogP contribution in [0.25, 0.3) is 10.9 Å². The van der Waals surface area contributed by atoms with E-state index in [1.807, 2.05) is 13.8 Å². The molecule has 1 aromatic carbocycles. The fourth-order valence-electron chi connectivity index (χ4n) is 2.68. The van der Waals surface area contributed by atoms with Crippen LogP contribution in [0.2, 0.25) is 0 Å². The van der Waals surface area contributed by atoms with E-state index in [0.29, 0.717) is 41.9 Å². The molecule has 0 N–H and O–H groups in total. The van der Waals surface area contributed by atoms with E-state index in [4.69, 9.17) is 4.74 Å². The van der Waals surface area contributed by atoms with Crippen molar-refractivity contribution >= 4 is 16.8 Å². The molecule has 1 atom stereocenters. The lowest BCUT2D eigenvalue weighted by Gasteiger charge is -2.31. The van der Waals surface area contributed by atoms with E-state index in [2.05, 4.69) is 4.98 Å². The molecule has 4 nitrogen and oxygen atoms in total. The van der Waals surface area contributed by atoms with Crippen LogP contribution in [0.15, 0.2) is 24.3 Å². The Kier molecular flexibility index (Phi) is 3.59. The molecule has 1 aliphatic rings. The average molecular weight is 288 g/mol. The SMILES string of the molecule is Cc1cc(C(=O)N2CCOC(C)C2)c2ccc(F)cc2n1. The zero-order valence-electron chi connectivity index (χ0n) is 12.1. The van der Waals surface area contributed by atoms with Gasteiger partial charge < -0.3 is 9.64 Å². The van der Waals surface area contributed by atoms with Crippen molar-refractivity contribution in [1.82, 2.24) is 9.88 Å². The summed E-state index contributed by atoms with van der Waals surface area (Å²) in [6.07, 6.45) is 0.0364. The summed E-state index contributed by atoms with van der Waals surface area (Å²) in [5.74, 6) is -0.397. The van der Waals surface area contributed by atoms with Crippen LogP contribution in [0, 0.1) is 12.7 Å². The van der Waals surface area contributed by atoms with Crippen molar-refractivity contribution in [1.29, 1.82) is 0 Å². The molecule has 0 saturated carbocycles. The second kappa shape index (κ2) is 5.41. The van der Waals surface area contributed by atoms with Crippen LogP contribution in [0.3, 0.4) is 0 Å². The number of nitrogens with zero attached hydrogens (tertiary/aromatic N) is 2.